The number of aromatic nitrogens is 1. The summed E-state index contributed by atoms with van der Waals surface area (Å²) >= 11 is 3.37. The van der Waals surface area contributed by atoms with Gasteiger partial charge in [0.15, 0.2) is 0 Å². The quantitative estimate of drug-likeness (QED) is 0.590. The van der Waals surface area contributed by atoms with E-state index in [1.54, 1.807) is 0 Å². The summed E-state index contributed by atoms with van der Waals surface area (Å²) in [5.41, 5.74) is 2.50. The second-order valence-corrected chi connectivity index (χ2v) is 10.7. The first-order chi connectivity index (χ1) is 14.3. The van der Waals surface area contributed by atoms with E-state index in [4.69, 9.17) is 4.74 Å². The average Bonchev–Trinajstić information content (AvgIpc) is 3.46. The van der Waals surface area contributed by atoms with Crippen molar-refractivity contribution in [1.29, 1.82) is 0 Å². The summed E-state index contributed by atoms with van der Waals surface area (Å²) in [6.45, 7) is 0.582. The molecule has 0 saturated heterocycles. The van der Waals surface area contributed by atoms with Crippen molar-refractivity contribution in [2.75, 3.05) is 0 Å². The van der Waals surface area contributed by atoms with Crippen molar-refractivity contribution < 1.29 is 4.74 Å². The van der Waals surface area contributed by atoms with E-state index in [1.165, 1.54) is 46.6 Å². The number of hydrogen-bond acceptors (Lipinski definition) is 4. The van der Waals surface area contributed by atoms with Crippen LogP contribution in [0.15, 0.2) is 64.4 Å². The van der Waals surface area contributed by atoms with Crippen LogP contribution in [0.5, 0.6) is 5.75 Å². The van der Waals surface area contributed by atoms with Crippen LogP contribution in [0, 0.1) is 17.8 Å². The fourth-order valence-corrected chi connectivity index (χ4v) is 8.63. The number of benzene rings is 2. The minimum atomic E-state index is 0.0858. The van der Waals surface area contributed by atoms with Crippen molar-refractivity contribution in [2.45, 2.75) is 42.1 Å². The zero-order valence-corrected chi connectivity index (χ0v) is 17.7. The van der Waals surface area contributed by atoms with Gasteiger partial charge < -0.3 is 9.72 Å². The van der Waals surface area contributed by atoms with Gasteiger partial charge in [-0.2, -0.15) is 0 Å². The number of H-pyrrole nitrogens is 1. The summed E-state index contributed by atoms with van der Waals surface area (Å²) in [5.74, 6) is 3.53. The zero-order valence-electron chi connectivity index (χ0n) is 16.0. The molecule has 0 radical (unpaired) electrons. The van der Waals surface area contributed by atoms with Crippen LogP contribution in [0.3, 0.4) is 0 Å². The summed E-state index contributed by atoms with van der Waals surface area (Å²) in [5, 5.41) is 1.79. The van der Waals surface area contributed by atoms with Crippen LogP contribution >= 0.6 is 23.1 Å². The number of nitrogens with one attached hydrogen (secondary N) is 1. The lowest BCUT2D eigenvalue weighted by molar-refractivity contribution is 0.302. The van der Waals surface area contributed by atoms with Crippen LogP contribution in [-0.2, 0) is 6.61 Å². The summed E-state index contributed by atoms with van der Waals surface area (Å²) < 4.78 is 5.99. The van der Waals surface area contributed by atoms with E-state index >= 15 is 0 Å². The topological polar surface area (TPSA) is 42.1 Å². The van der Waals surface area contributed by atoms with Crippen molar-refractivity contribution in [2.24, 2.45) is 17.8 Å². The predicted octanol–water partition coefficient (Wildman–Crippen LogP) is 5.67. The van der Waals surface area contributed by atoms with Crippen LogP contribution in [0.1, 0.15) is 41.2 Å². The van der Waals surface area contributed by atoms with E-state index in [1.807, 2.05) is 30.0 Å². The Morgan fingerprint density at radius 3 is 2.62 bits per heavy atom. The highest BCUT2D eigenvalue weighted by atomic mass is 32.2. The average molecular weight is 422 g/mol. The molecule has 3 nitrogen and oxygen atoms in total. The molecule has 148 valence electrons. The van der Waals surface area contributed by atoms with Crippen molar-refractivity contribution in [3.8, 4) is 5.75 Å². The molecule has 5 atom stereocenters. The first-order valence-corrected chi connectivity index (χ1v) is 12.1. The molecule has 2 aromatic carbocycles. The van der Waals surface area contributed by atoms with E-state index in [-0.39, 0.29) is 4.87 Å². The van der Waals surface area contributed by atoms with E-state index in [0.29, 0.717) is 23.7 Å². The maximum atomic E-state index is 12.1. The third-order valence-corrected chi connectivity index (χ3v) is 9.58. The molecule has 6 rings (SSSR count). The van der Waals surface area contributed by atoms with E-state index < -0.39 is 0 Å². The number of thioether (sulfide) groups is 1. The number of rotatable bonds is 4. The molecular formula is C24H23NO2S2. The molecule has 0 amide bonds. The monoisotopic (exact) mass is 421 g/mol. The zero-order chi connectivity index (χ0) is 19.4. The van der Waals surface area contributed by atoms with Gasteiger partial charge in [0.05, 0.1) is 5.03 Å². The SMILES string of the molecule is O=c1[nH]c2c(s1)[C@@H](c1ccc(OCc3ccccc3)cc1)[C@H]1[C@@H]3CC[C@H](C3)[C@@H]1S2. The third kappa shape index (κ3) is 3.06. The molecule has 3 aliphatic rings. The Morgan fingerprint density at radius 1 is 1.00 bits per heavy atom. The molecule has 1 aliphatic heterocycles. The maximum absolute atomic E-state index is 12.1. The van der Waals surface area contributed by atoms with Crippen LogP contribution in [0.2, 0.25) is 0 Å². The number of aromatic amines is 1. The first-order valence-electron chi connectivity index (χ1n) is 10.4. The van der Waals surface area contributed by atoms with Crippen LogP contribution in [-0.4, -0.2) is 10.2 Å². The Labute approximate surface area is 178 Å². The van der Waals surface area contributed by atoms with Gasteiger partial charge in [-0.05, 0) is 60.3 Å². The molecular weight excluding hydrogens is 398 g/mol. The smallest absolute Gasteiger partial charge is 0.305 e. The second kappa shape index (κ2) is 7.06. The van der Waals surface area contributed by atoms with E-state index in [9.17, 15) is 4.79 Å². The Morgan fingerprint density at radius 2 is 1.79 bits per heavy atom. The lowest BCUT2D eigenvalue weighted by atomic mass is 9.75. The van der Waals surface area contributed by atoms with Gasteiger partial charge in [0.2, 0.25) is 0 Å². The fraction of sp³-hybridized carbons (Fsp3) is 0.375. The van der Waals surface area contributed by atoms with E-state index in [0.717, 1.165) is 22.6 Å². The molecule has 2 saturated carbocycles. The Kier molecular flexibility index (Phi) is 4.35. The lowest BCUT2D eigenvalue weighted by Gasteiger charge is -2.40. The minimum absolute atomic E-state index is 0.0858. The van der Waals surface area contributed by atoms with Crippen molar-refractivity contribution in [1.82, 2.24) is 4.98 Å². The molecule has 3 aromatic rings. The van der Waals surface area contributed by atoms with Crippen LogP contribution < -0.4 is 9.61 Å². The van der Waals surface area contributed by atoms with E-state index in [2.05, 4.69) is 41.4 Å². The molecule has 1 aromatic heterocycles. The van der Waals surface area contributed by atoms with Gasteiger partial charge >= 0.3 is 4.87 Å². The van der Waals surface area contributed by atoms with Gasteiger partial charge in [0.25, 0.3) is 0 Å². The van der Waals surface area contributed by atoms with Gasteiger partial charge in [-0.1, -0.05) is 53.8 Å². The van der Waals surface area contributed by atoms with Crippen LogP contribution in [0.4, 0.5) is 0 Å². The maximum Gasteiger partial charge on any atom is 0.305 e. The Bertz CT molecular complexity index is 1070. The van der Waals surface area contributed by atoms with Gasteiger partial charge in [0.1, 0.15) is 12.4 Å². The number of hydrogen-bond donors (Lipinski definition) is 1. The minimum Gasteiger partial charge on any atom is -0.489 e. The highest BCUT2D eigenvalue weighted by Gasteiger charge is 2.54. The van der Waals surface area contributed by atoms with Crippen molar-refractivity contribution in [3.63, 3.8) is 0 Å². The van der Waals surface area contributed by atoms with Crippen molar-refractivity contribution in [3.05, 3.63) is 80.3 Å². The molecule has 29 heavy (non-hydrogen) atoms. The van der Waals surface area contributed by atoms with Gasteiger partial charge in [-0.25, -0.2) is 0 Å². The predicted molar refractivity (Wildman–Crippen MR) is 118 cm³/mol. The highest BCUT2D eigenvalue weighted by molar-refractivity contribution is 8.00. The standard InChI is InChI=1S/C24H23NO2S2/c26-24-25-23-22(29-24)19(20-16-6-7-17(12-16)21(20)28-23)15-8-10-18(11-9-15)27-13-14-4-2-1-3-5-14/h1-5,8-11,16-17,19-21H,6-7,12-13H2,(H,25,26)/t16-,17-,19+,20-,21+/m1/s1. The summed E-state index contributed by atoms with van der Waals surface area (Å²) in [6.07, 6.45) is 4.09. The normalized spacial score (nSPS) is 29.4. The van der Waals surface area contributed by atoms with Crippen molar-refractivity contribution >= 4 is 23.1 Å². The van der Waals surface area contributed by atoms with Crippen LogP contribution in [0.25, 0.3) is 0 Å². The Balaban J connectivity index is 1.30. The first kappa shape index (κ1) is 17.8. The lowest BCUT2D eigenvalue weighted by Crippen LogP contribution is -2.33. The van der Waals surface area contributed by atoms with Gasteiger partial charge in [0, 0.05) is 16.0 Å². The number of ether oxygens (including phenoxy) is 1. The van der Waals surface area contributed by atoms with Gasteiger partial charge in [-0.15, -0.1) is 11.8 Å². The molecule has 1 N–H and O–H groups in total. The molecule has 2 fully saturated rings. The summed E-state index contributed by atoms with van der Waals surface area (Å²) in [7, 11) is 0. The Hall–Kier alpha value is -1.98. The number of fused-ring (bicyclic) bond motifs is 6. The molecule has 2 aliphatic carbocycles. The molecule has 0 spiro atoms. The largest absolute Gasteiger partial charge is 0.489 e. The fourth-order valence-electron chi connectivity index (χ4n) is 5.73. The molecule has 2 bridgehead atoms. The highest BCUT2D eigenvalue weighted by Crippen LogP contribution is 2.63. The summed E-state index contributed by atoms with van der Waals surface area (Å²) in [4.78, 5) is 16.6. The molecule has 5 heteroatoms. The van der Waals surface area contributed by atoms with Gasteiger partial charge in [-0.3, -0.25) is 4.79 Å². The molecule has 2 heterocycles. The third-order valence-electron chi connectivity index (χ3n) is 6.95. The molecule has 0 unspecified atom stereocenters. The number of thiazole rings is 1. The second-order valence-electron chi connectivity index (χ2n) is 8.52. The summed E-state index contributed by atoms with van der Waals surface area (Å²) in [6, 6.07) is 18.9.